The van der Waals surface area contributed by atoms with Crippen LogP contribution >= 0.6 is 0 Å². The van der Waals surface area contributed by atoms with Crippen molar-refractivity contribution in [1.82, 2.24) is 20.6 Å². The van der Waals surface area contributed by atoms with E-state index in [9.17, 15) is 24.6 Å². The second-order valence-corrected chi connectivity index (χ2v) is 9.84. The average Bonchev–Trinajstić information content (AvgIpc) is 3.20. The summed E-state index contributed by atoms with van der Waals surface area (Å²) < 4.78 is 5.46. The number of nitrogens with zero attached hydrogens (tertiary/aromatic N) is 1. The third-order valence-corrected chi connectivity index (χ3v) is 6.74. The van der Waals surface area contributed by atoms with Gasteiger partial charge in [0.05, 0.1) is 36.7 Å². The summed E-state index contributed by atoms with van der Waals surface area (Å²) in [6, 6.07) is 16.1. The van der Waals surface area contributed by atoms with Crippen LogP contribution in [0, 0.1) is 12.8 Å². The van der Waals surface area contributed by atoms with Crippen LogP contribution in [0.25, 0.3) is 10.9 Å². The van der Waals surface area contributed by atoms with Crippen molar-refractivity contribution in [2.75, 3.05) is 7.11 Å². The Balaban J connectivity index is 1.57. The molecule has 2 aromatic carbocycles. The smallest absolute Gasteiger partial charge is 0.270 e. The molecule has 0 radical (unpaired) electrons. The molecule has 0 saturated carbocycles. The lowest BCUT2D eigenvalue weighted by molar-refractivity contribution is -0.122. The zero-order valence-corrected chi connectivity index (χ0v) is 22.7. The first-order valence-corrected chi connectivity index (χ1v) is 12.8. The highest BCUT2D eigenvalue weighted by Crippen LogP contribution is 2.30. The number of aromatic amines is 1. The number of benzene rings is 2. The lowest BCUT2D eigenvalue weighted by Gasteiger charge is -2.24. The molecule has 40 heavy (non-hydrogen) atoms. The molecule has 2 atom stereocenters. The number of carbonyl (C=O) groups excluding carboxylic acids is 3. The maximum Gasteiger partial charge on any atom is 0.270 e. The van der Waals surface area contributed by atoms with Crippen molar-refractivity contribution in [1.29, 1.82) is 0 Å². The molecule has 0 spiro atoms. The van der Waals surface area contributed by atoms with Crippen molar-refractivity contribution < 1.29 is 29.3 Å². The molecule has 0 aliphatic carbocycles. The fourth-order valence-electron chi connectivity index (χ4n) is 4.57. The zero-order valence-electron chi connectivity index (χ0n) is 22.7. The molecule has 0 aliphatic rings. The number of amides is 2. The number of Topliss-reactive ketones (excluding diaryl/α,β-unsaturated/α-hetero) is 1. The number of pyridine rings is 1. The molecule has 0 saturated heterocycles. The topological polar surface area (TPSA) is 154 Å². The normalized spacial score (nSPS) is 12.6. The zero-order chi connectivity index (χ0) is 29.0. The van der Waals surface area contributed by atoms with E-state index in [2.05, 4.69) is 20.6 Å². The monoisotopic (exact) mass is 544 g/mol. The van der Waals surface area contributed by atoms with E-state index >= 15 is 0 Å². The number of aromatic hydroxyl groups is 2. The van der Waals surface area contributed by atoms with Crippen molar-refractivity contribution in [2.24, 2.45) is 5.92 Å². The van der Waals surface area contributed by atoms with Crippen LogP contribution < -0.4 is 15.4 Å². The van der Waals surface area contributed by atoms with Gasteiger partial charge in [-0.05, 0) is 30.5 Å². The lowest BCUT2D eigenvalue weighted by Crippen LogP contribution is -2.45. The van der Waals surface area contributed by atoms with Crippen LogP contribution in [0.3, 0.4) is 0 Å². The number of hydrogen-bond acceptors (Lipinski definition) is 7. The number of fused-ring (bicyclic) bond motifs is 1. The van der Waals surface area contributed by atoms with Gasteiger partial charge in [-0.3, -0.25) is 19.4 Å². The Bertz CT molecular complexity index is 1550. The lowest BCUT2D eigenvalue weighted by atomic mass is 9.93. The molecule has 208 valence electrons. The van der Waals surface area contributed by atoms with E-state index in [1.807, 2.05) is 24.3 Å². The first kappa shape index (κ1) is 28.2. The average molecular weight is 545 g/mol. The molecule has 4 aromatic rings. The summed E-state index contributed by atoms with van der Waals surface area (Å²) in [4.78, 5) is 46.7. The van der Waals surface area contributed by atoms with Crippen molar-refractivity contribution in [2.45, 2.75) is 39.3 Å². The van der Waals surface area contributed by atoms with E-state index in [0.29, 0.717) is 16.8 Å². The molecule has 0 aliphatic heterocycles. The van der Waals surface area contributed by atoms with Gasteiger partial charge in [0.1, 0.15) is 11.4 Å². The van der Waals surface area contributed by atoms with E-state index in [4.69, 9.17) is 4.74 Å². The molecule has 5 N–H and O–H groups in total. The highest BCUT2D eigenvalue weighted by Gasteiger charge is 2.31. The van der Waals surface area contributed by atoms with Crippen molar-refractivity contribution in [3.05, 3.63) is 83.0 Å². The summed E-state index contributed by atoms with van der Waals surface area (Å²) in [5, 5.41) is 26.4. The summed E-state index contributed by atoms with van der Waals surface area (Å²) in [7, 11) is 1.52. The van der Waals surface area contributed by atoms with Crippen molar-refractivity contribution in [3.63, 3.8) is 0 Å². The first-order chi connectivity index (χ1) is 19.1. The highest BCUT2D eigenvalue weighted by atomic mass is 16.5. The van der Waals surface area contributed by atoms with Crippen molar-refractivity contribution >= 4 is 28.5 Å². The van der Waals surface area contributed by atoms with Gasteiger partial charge < -0.3 is 25.6 Å². The Hall–Kier alpha value is -4.86. The van der Waals surface area contributed by atoms with Crippen LogP contribution in [0.15, 0.2) is 60.7 Å². The Morgan fingerprint density at radius 1 is 0.975 bits per heavy atom. The van der Waals surface area contributed by atoms with Crippen LogP contribution in [0.2, 0.25) is 0 Å². The second-order valence-electron chi connectivity index (χ2n) is 9.84. The van der Waals surface area contributed by atoms with Gasteiger partial charge in [0.25, 0.3) is 5.91 Å². The van der Waals surface area contributed by atoms with Gasteiger partial charge >= 0.3 is 0 Å². The van der Waals surface area contributed by atoms with Crippen LogP contribution in [0.1, 0.15) is 58.3 Å². The third kappa shape index (κ3) is 5.90. The minimum Gasteiger partial charge on any atom is -0.496 e. The number of H-pyrrole nitrogens is 1. The highest BCUT2D eigenvalue weighted by molar-refractivity contribution is 6.05. The van der Waals surface area contributed by atoms with Gasteiger partial charge in [-0.25, -0.2) is 4.98 Å². The Morgan fingerprint density at radius 2 is 1.65 bits per heavy atom. The van der Waals surface area contributed by atoms with Gasteiger partial charge in [-0.1, -0.05) is 56.3 Å². The first-order valence-electron chi connectivity index (χ1n) is 12.8. The number of carbonyl (C=O) groups is 3. The SMILES string of the molecule is COc1cc(C(=O)N[C@@H](CC(=O)N[C@@H](C(=O)c2c(O)[nH]c(O)c2C)C(C)C)c2ccccc2)nc2ccccc12. The molecule has 0 fully saturated rings. The van der Waals surface area contributed by atoms with E-state index in [0.717, 1.165) is 5.39 Å². The Labute approximate surface area is 231 Å². The molecule has 2 aromatic heterocycles. The molecule has 0 unspecified atom stereocenters. The summed E-state index contributed by atoms with van der Waals surface area (Å²) in [5.74, 6) is -2.13. The number of methoxy groups -OCH3 is 1. The number of rotatable bonds is 10. The summed E-state index contributed by atoms with van der Waals surface area (Å²) in [6.07, 6.45) is -0.166. The number of ketones is 1. The van der Waals surface area contributed by atoms with E-state index < -0.39 is 35.6 Å². The van der Waals surface area contributed by atoms with Gasteiger partial charge in [0.2, 0.25) is 11.8 Å². The molecule has 10 heteroatoms. The molecule has 10 nitrogen and oxygen atoms in total. The number of ether oxygens (including phenoxy) is 1. The van der Waals surface area contributed by atoms with Crippen LogP contribution in [0.4, 0.5) is 0 Å². The van der Waals surface area contributed by atoms with Gasteiger partial charge in [-0.2, -0.15) is 0 Å². The molecule has 2 amide bonds. The maximum absolute atomic E-state index is 13.4. The van der Waals surface area contributed by atoms with E-state index in [1.165, 1.54) is 14.0 Å². The van der Waals surface area contributed by atoms with E-state index in [-0.39, 0.29) is 35.0 Å². The largest absolute Gasteiger partial charge is 0.496 e. The fraction of sp³-hybridized carbons (Fsp3) is 0.267. The predicted octanol–water partition coefficient (Wildman–Crippen LogP) is 4.18. The quantitative estimate of drug-likeness (QED) is 0.188. The third-order valence-electron chi connectivity index (χ3n) is 6.74. The number of nitrogens with one attached hydrogen (secondary N) is 3. The standard InChI is InChI=1S/C30H32N4O6/c1-16(2)26(27(36)25-17(3)28(37)34-30(25)39)33-24(35)15-21(18-10-6-5-7-11-18)32-29(38)22-14-23(40-4)19-12-8-9-13-20(19)31-22/h5-14,16,21,26,34,37,39H,15H2,1-4H3,(H,32,38)(H,33,35)/t21-,26+/m0/s1. The van der Waals surface area contributed by atoms with Gasteiger partial charge in [0, 0.05) is 17.0 Å². The predicted molar refractivity (Wildman–Crippen MR) is 150 cm³/mol. The molecule has 0 bridgehead atoms. The van der Waals surface area contributed by atoms with Crippen LogP contribution in [-0.2, 0) is 4.79 Å². The maximum atomic E-state index is 13.4. The van der Waals surface area contributed by atoms with E-state index in [1.54, 1.807) is 50.2 Å². The number of aromatic nitrogens is 2. The summed E-state index contributed by atoms with van der Waals surface area (Å²) >= 11 is 0. The minimum absolute atomic E-state index is 0.0827. The summed E-state index contributed by atoms with van der Waals surface area (Å²) in [6.45, 7) is 5.02. The van der Waals surface area contributed by atoms with Crippen LogP contribution in [-0.4, -0.2) is 50.9 Å². The van der Waals surface area contributed by atoms with Gasteiger partial charge in [-0.15, -0.1) is 0 Å². The number of para-hydroxylation sites is 1. The number of hydrogen-bond donors (Lipinski definition) is 5. The molecule has 4 rings (SSSR count). The van der Waals surface area contributed by atoms with Gasteiger partial charge in [0.15, 0.2) is 11.7 Å². The molecular weight excluding hydrogens is 512 g/mol. The van der Waals surface area contributed by atoms with Crippen molar-refractivity contribution in [3.8, 4) is 17.5 Å². The Kier molecular flexibility index (Phi) is 8.37. The summed E-state index contributed by atoms with van der Waals surface area (Å²) in [5.41, 5.74) is 1.52. The molecular formula is C30H32N4O6. The fourth-order valence-corrected chi connectivity index (χ4v) is 4.57. The molecule has 2 heterocycles. The second kappa shape index (κ2) is 11.9. The van der Waals surface area contributed by atoms with Crippen LogP contribution in [0.5, 0.6) is 17.5 Å². The minimum atomic E-state index is -0.981. The Morgan fingerprint density at radius 3 is 2.27 bits per heavy atom.